The van der Waals surface area contributed by atoms with Crippen LogP contribution in [0.15, 0.2) is 0 Å². The van der Waals surface area contributed by atoms with Gasteiger partial charge in [-0.3, -0.25) is 9.69 Å². The molecule has 116 valence electrons. The van der Waals surface area contributed by atoms with Gasteiger partial charge < -0.3 is 15.5 Å². The summed E-state index contributed by atoms with van der Waals surface area (Å²) >= 11 is 0. The Morgan fingerprint density at radius 3 is 2.65 bits per heavy atom. The summed E-state index contributed by atoms with van der Waals surface area (Å²) in [6.45, 7) is 5.42. The zero-order chi connectivity index (χ0) is 14.4. The van der Waals surface area contributed by atoms with Crippen molar-refractivity contribution in [1.29, 1.82) is 0 Å². The molecule has 2 N–H and O–H groups in total. The predicted molar refractivity (Wildman–Crippen MR) is 81.8 cm³/mol. The Balaban J connectivity index is 1.76. The molecule has 20 heavy (non-hydrogen) atoms. The highest BCUT2D eigenvalue weighted by Gasteiger charge is 2.36. The molecular weight excluding hydrogens is 252 g/mol. The summed E-state index contributed by atoms with van der Waals surface area (Å²) < 4.78 is 0. The van der Waals surface area contributed by atoms with Gasteiger partial charge in [0, 0.05) is 25.2 Å². The van der Waals surface area contributed by atoms with Gasteiger partial charge in [-0.25, -0.2) is 0 Å². The van der Waals surface area contributed by atoms with E-state index in [2.05, 4.69) is 34.5 Å². The van der Waals surface area contributed by atoms with Crippen LogP contribution in [0, 0.1) is 0 Å². The monoisotopic (exact) mass is 282 g/mol. The van der Waals surface area contributed by atoms with Gasteiger partial charge in [-0.15, -0.1) is 0 Å². The summed E-state index contributed by atoms with van der Waals surface area (Å²) in [5, 5.41) is 6.54. The van der Waals surface area contributed by atoms with Gasteiger partial charge in [-0.2, -0.15) is 0 Å². The highest BCUT2D eigenvalue weighted by Crippen LogP contribution is 2.32. The molecule has 0 spiro atoms. The Morgan fingerprint density at radius 1 is 1.20 bits per heavy atom. The highest BCUT2D eigenvalue weighted by atomic mass is 16.2. The number of amides is 1. The van der Waals surface area contributed by atoms with Crippen LogP contribution in [0.4, 0.5) is 0 Å². The molecule has 1 saturated heterocycles. The lowest BCUT2D eigenvalue weighted by Gasteiger charge is -2.36. The molecule has 0 aromatic heterocycles. The molecule has 1 heterocycles. The largest absolute Gasteiger partial charge is 0.353 e. The normalized spacial score (nSPS) is 23.8. The van der Waals surface area contributed by atoms with E-state index in [0.29, 0.717) is 6.54 Å². The van der Waals surface area contributed by atoms with Gasteiger partial charge in [0.15, 0.2) is 0 Å². The highest BCUT2D eigenvalue weighted by molar-refractivity contribution is 5.78. The summed E-state index contributed by atoms with van der Waals surface area (Å²) in [6, 6.07) is 0. The van der Waals surface area contributed by atoms with Gasteiger partial charge in [0.25, 0.3) is 0 Å². The van der Waals surface area contributed by atoms with Crippen molar-refractivity contribution in [3.8, 4) is 0 Å². The van der Waals surface area contributed by atoms with Crippen molar-refractivity contribution >= 4 is 5.91 Å². The first-order chi connectivity index (χ1) is 9.62. The molecule has 5 heteroatoms. The number of hydrogen-bond acceptors (Lipinski definition) is 4. The fourth-order valence-electron chi connectivity index (χ4n) is 3.40. The number of likely N-dealkylation sites (N-methyl/N-ethyl adjacent to an activating group) is 1. The van der Waals surface area contributed by atoms with Gasteiger partial charge in [0.05, 0.1) is 6.54 Å². The summed E-state index contributed by atoms with van der Waals surface area (Å²) in [7, 11) is 4.27. The topological polar surface area (TPSA) is 47.6 Å². The second-order valence-electron chi connectivity index (χ2n) is 6.48. The summed E-state index contributed by atoms with van der Waals surface area (Å²) in [5.74, 6) is 0.181. The lowest BCUT2D eigenvalue weighted by atomic mass is 9.96. The van der Waals surface area contributed by atoms with Crippen molar-refractivity contribution in [3.05, 3.63) is 0 Å². The maximum absolute atomic E-state index is 12.2. The number of carbonyl (C=O) groups excluding carboxylic acids is 1. The molecule has 1 amide bonds. The number of hydrogen-bond donors (Lipinski definition) is 2. The standard InChI is InChI=1S/C15H30N4O/c1-18(2)15(6-3-4-7-15)13-17-14(20)12-19-10-5-8-16-9-11-19/h16H,3-13H2,1-2H3,(H,17,20). The van der Waals surface area contributed by atoms with Crippen molar-refractivity contribution in [1.82, 2.24) is 20.4 Å². The number of rotatable bonds is 5. The van der Waals surface area contributed by atoms with Crippen molar-refractivity contribution in [3.63, 3.8) is 0 Å². The molecule has 0 radical (unpaired) electrons. The first kappa shape index (κ1) is 15.7. The third kappa shape index (κ3) is 4.17. The van der Waals surface area contributed by atoms with E-state index in [4.69, 9.17) is 0 Å². The molecule has 0 aromatic carbocycles. The Bertz CT molecular complexity index is 305. The minimum absolute atomic E-state index is 0.181. The van der Waals surface area contributed by atoms with Crippen LogP contribution in [0.5, 0.6) is 0 Å². The van der Waals surface area contributed by atoms with Crippen molar-refractivity contribution in [2.45, 2.75) is 37.6 Å². The van der Waals surface area contributed by atoms with E-state index in [0.717, 1.165) is 39.1 Å². The van der Waals surface area contributed by atoms with Gasteiger partial charge >= 0.3 is 0 Å². The van der Waals surface area contributed by atoms with Crippen LogP contribution in [-0.2, 0) is 4.79 Å². The molecule has 2 fully saturated rings. The minimum atomic E-state index is 0.181. The molecule has 0 aromatic rings. The molecule has 1 aliphatic carbocycles. The van der Waals surface area contributed by atoms with Crippen molar-refractivity contribution < 1.29 is 4.79 Å². The molecule has 2 rings (SSSR count). The Labute approximate surface area is 123 Å². The van der Waals surface area contributed by atoms with Crippen molar-refractivity contribution in [2.75, 3.05) is 53.4 Å². The predicted octanol–water partition coefficient (Wildman–Crippen LogP) is 0.272. The zero-order valence-corrected chi connectivity index (χ0v) is 13.1. The third-order valence-electron chi connectivity index (χ3n) is 4.90. The number of nitrogens with zero attached hydrogens (tertiary/aromatic N) is 2. The van der Waals surface area contributed by atoms with Gasteiger partial charge in [-0.1, -0.05) is 12.8 Å². The SMILES string of the molecule is CN(C)C1(CNC(=O)CN2CCCNCC2)CCCC1. The Hall–Kier alpha value is -0.650. The molecule has 1 aliphatic heterocycles. The second kappa shape index (κ2) is 7.38. The van der Waals surface area contributed by atoms with E-state index >= 15 is 0 Å². The summed E-state index contributed by atoms with van der Waals surface area (Å²) in [5.41, 5.74) is 0.190. The summed E-state index contributed by atoms with van der Waals surface area (Å²) in [6.07, 6.45) is 6.11. The van der Waals surface area contributed by atoms with Crippen LogP contribution in [0.2, 0.25) is 0 Å². The van der Waals surface area contributed by atoms with Gasteiger partial charge in [0.1, 0.15) is 0 Å². The first-order valence-corrected chi connectivity index (χ1v) is 8.00. The van der Waals surface area contributed by atoms with Crippen molar-refractivity contribution in [2.24, 2.45) is 0 Å². The molecule has 1 saturated carbocycles. The molecule has 0 bridgehead atoms. The van der Waals surface area contributed by atoms with Crippen LogP contribution in [0.3, 0.4) is 0 Å². The van der Waals surface area contributed by atoms with Crippen LogP contribution < -0.4 is 10.6 Å². The van der Waals surface area contributed by atoms with E-state index < -0.39 is 0 Å². The second-order valence-corrected chi connectivity index (χ2v) is 6.48. The van der Waals surface area contributed by atoms with Crippen LogP contribution >= 0.6 is 0 Å². The number of nitrogens with one attached hydrogen (secondary N) is 2. The van der Waals surface area contributed by atoms with Crippen LogP contribution in [-0.4, -0.2) is 74.6 Å². The first-order valence-electron chi connectivity index (χ1n) is 8.00. The smallest absolute Gasteiger partial charge is 0.234 e. The zero-order valence-electron chi connectivity index (χ0n) is 13.1. The molecule has 2 aliphatic rings. The summed E-state index contributed by atoms with van der Waals surface area (Å²) in [4.78, 5) is 16.7. The maximum Gasteiger partial charge on any atom is 0.234 e. The molecular formula is C15H30N4O. The average Bonchev–Trinajstić information content (AvgIpc) is 2.77. The Morgan fingerprint density at radius 2 is 1.95 bits per heavy atom. The van der Waals surface area contributed by atoms with E-state index in [-0.39, 0.29) is 11.4 Å². The fraction of sp³-hybridized carbons (Fsp3) is 0.933. The number of carbonyl (C=O) groups is 1. The van der Waals surface area contributed by atoms with Gasteiger partial charge in [-0.05, 0) is 46.4 Å². The fourth-order valence-corrected chi connectivity index (χ4v) is 3.40. The molecule has 0 unspecified atom stereocenters. The average molecular weight is 282 g/mol. The minimum Gasteiger partial charge on any atom is -0.353 e. The lowest BCUT2D eigenvalue weighted by molar-refractivity contribution is -0.122. The van der Waals surface area contributed by atoms with Crippen LogP contribution in [0.1, 0.15) is 32.1 Å². The van der Waals surface area contributed by atoms with E-state index in [1.807, 2.05) is 0 Å². The molecule has 5 nitrogen and oxygen atoms in total. The van der Waals surface area contributed by atoms with E-state index in [1.165, 1.54) is 25.7 Å². The molecule has 0 atom stereocenters. The quantitative estimate of drug-likeness (QED) is 0.760. The van der Waals surface area contributed by atoms with Crippen LogP contribution in [0.25, 0.3) is 0 Å². The Kier molecular flexibility index (Phi) is 5.81. The van der Waals surface area contributed by atoms with Gasteiger partial charge in [0.2, 0.25) is 5.91 Å². The van der Waals surface area contributed by atoms with E-state index in [1.54, 1.807) is 0 Å². The maximum atomic E-state index is 12.2. The third-order valence-corrected chi connectivity index (χ3v) is 4.90. The lowest BCUT2D eigenvalue weighted by Crippen LogP contribution is -2.52. The van der Waals surface area contributed by atoms with E-state index in [9.17, 15) is 4.79 Å².